The molecule has 5 nitrogen and oxygen atoms in total. The Kier molecular flexibility index (Phi) is 6.50. The van der Waals surface area contributed by atoms with Crippen molar-refractivity contribution in [3.63, 3.8) is 0 Å². The average Bonchev–Trinajstić information content (AvgIpc) is 2.88. The Morgan fingerprint density at radius 1 is 0.865 bits per heavy atom. The largest absolute Gasteiger partial charge is 0.534 e. The lowest BCUT2D eigenvalue weighted by molar-refractivity contribution is -0.0499. The van der Waals surface area contributed by atoms with E-state index < -0.39 is 62.4 Å². The van der Waals surface area contributed by atoms with Gasteiger partial charge in [0.25, 0.3) is 0 Å². The van der Waals surface area contributed by atoms with Crippen molar-refractivity contribution in [1.29, 1.82) is 0 Å². The molecule has 0 saturated heterocycles. The molecule has 0 unspecified atom stereocenters. The molecule has 4 aromatic carbocycles. The third-order valence-electron chi connectivity index (χ3n) is 5.10. The maximum Gasteiger partial charge on any atom is 0.534 e. The summed E-state index contributed by atoms with van der Waals surface area (Å²) >= 11 is 0. The van der Waals surface area contributed by atoms with Gasteiger partial charge in [-0.05, 0) is 6.07 Å². The molecule has 0 amide bonds. The Balaban J connectivity index is 2.08. The summed E-state index contributed by atoms with van der Waals surface area (Å²) in [5.74, 6) is -8.34. The zero-order valence-corrected chi connectivity index (χ0v) is 19.2. The Morgan fingerprint density at radius 3 is 1.95 bits per heavy atom. The summed E-state index contributed by atoms with van der Waals surface area (Å²) in [5, 5.41) is -1.86. The van der Waals surface area contributed by atoms with Gasteiger partial charge in [-0.3, -0.25) is 0 Å². The second-order valence-electron chi connectivity index (χ2n) is 7.46. The summed E-state index contributed by atoms with van der Waals surface area (Å²) in [7, 11) is -7.41. The van der Waals surface area contributed by atoms with Crippen molar-refractivity contribution >= 4 is 32.3 Å². The predicted octanol–water partition coefficient (Wildman–Crippen LogP) is 6.66. The van der Waals surface area contributed by atoms with Gasteiger partial charge in [-0.25, -0.2) is 13.8 Å². The number of halogens is 6. The molecule has 0 N–H and O–H groups in total. The van der Waals surface area contributed by atoms with Crippen LogP contribution in [0.25, 0.3) is 10.8 Å². The van der Waals surface area contributed by atoms with Crippen LogP contribution in [0.1, 0.15) is 12.5 Å². The van der Waals surface area contributed by atoms with Gasteiger partial charge in [0.05, 0.1) is 25.2 Å². The van der Waals surface area contributed by atoms with Gasteiger partial charge in [0.1, 0.15) is 0 Å². The molecule has 37 heavy (non-hydrogen) atoms. The quantitative estimate of drug-likeness (QED) is 0.0902. The van der Waals surface area contributed by atoms with Crippen LogP contribution in [0, 0.1) is 17.5 Å². The Morgan fingerprint density at radius 2 is 1.43 bits per heavy atom. The highest BCUT2D eigenvalue weighted by Gasteiger charge is 2.49. The minimum absolute atomic E-state index is 0.237. The number of ether oxygens (including phenoxy) is 1. The molecule has 0 saturated carbocycles. The average molecular weight is 540 g/mol. The lowest BCUT2D eigenvalue weighted by Gasteiger charge is -2.16. The Labute approximate surface area is 208 Å². The molecule has 0 aromatic heterocycles. The molecule has 0 spiro atoms. The van der Waals surface area contributed by atoms with Crippen LogP contribution >= 0.6 is 0 Å². The van der Waals surface area contributed by atoms with Crippen molar-refractivity contribution in [1.82, 2.24) is 0 Å². The van der Waals surface area contributed by atoms with Crippen molar-refractivity contribution < 1.29 is 45.1 Å². The van der Waals surface area contributed by atoms with Crippen LogP contribution in [0.5, 0.6) is 11.5 Å². The molecule has 0 aliphatic carbocycles. The first kappa shape index (κ1) is 24.6. The topological polar surface area (TPSA) is 65.0 Å². The minimum Gasteiger partial charge on any atom is -0.493 e. The number of alkyl halides is 3. The van der Waals surface area contributed by atoms with E-state index in [-0.39, 0.29) is 11.4 Å². The first-order valence-corrected chi connectivity index (χ1v) is 11.6. The third kappa shape index (κ3) is 4.96. The second kappa shape index (κ2) is 9.77. The van der Waals surface area contributed by atoms with Gasteiger partial charge < -0.3 is 8.92 Å². The second-order valence-corrected chi connectivity index (χ2v) is 9.00. The van der Waals surface area contributed by atoms with E-state index in [2.05, 4.69) is 13.9 Å². The molecule has 0 aliphatic heterocycles. The number of hydrogen-bond acceptors (Lipinski definition) is 5. The van der Waals surface area contributed by atoms with E-state index in [1.54, 1.807) is 60.7 Å². The lowest BCUT2D eigenvalue weighted by Crippen LogP contribution is -2.28. The van der Waals surface area contributed by atoms with Crippen LogP contribution in [0.2, 0.25) is 0 Å². The van der Waals surface area contributed by atoms with E-state index in [0.29, 0.717) is 17.2 Å². The number of benzene rings is 4. The zero-order chi connectivity index (χ0) is 27.7. The van der Waals surface area contributed by atoms with Crippen LogP contribution < -0.4 is 8.92 Å². The summed E-state index contributed by atoms with van der Waals surface area (Å²) in [6.07, 6.45) is 0. The van der Waals surface area contributed by atoms with Crippen molar-refractivity contribution in [2.75, 3.05) is 7.09 Å². The fraction of sp³-hybridized carbons (Fsp3) is 0.0800. The minimum atomic E-state index is -6.35. The van der Waals surface area contributed by atoms with E-state index in [4.69, 9.17) is 1.37 Å². The SMILES string of the molecule is [2H]COc1c(F)c(F)c(F)c2cc(N=C(c3ccccc3)c3ccccc3)cc(OS(=O)(=O)C(F)(F)F)c12. The van der Waals surface area contributed by atoms with Gasteiger partial charge in [-0.2, -0.15) is 26.0 Å². The van der Waals surface area contributed by atoms with Crippen LogP contribution in [0.3, 0.4) is 0 Å². The molecule has 192 valence electrons. The first-order valence-electron chi connectivity index (χ1n) is 10.9. The molecular weight excluding hydrogens is 524 g/mol. The molecule has 4 rings (SSSR count). The summed E-state index contributed by atoms with van der Waals surface area (Å²) in [6, 6.07) is 18.4. The number of methoxy groups -OCH3 is 1. The van der Waals surface area contributed by atoms with Crippen LogP contribution in [0.4, 0.5) is 32.0 Å². The van der Waals surface area contributed by atoms with Gasteiger partial charge in [-0.1, -0.05) is 60.7 Å². The highest BCUT2D eigenvalue weighted by molar-refractivity contribution is 7.88. The van der Waals surface area contributed by atoms with Crippen molar-refractivity contribution in [3.8, 4) is 11.5 Å². The first-order chi connectivity index (χ1) is 17.9. The molecular formula is C25H15F6NO4S. The Bertz CT molecular complexity index is 1590. The number of aliphatic imine (C=N–C) groups is 1. The number of nitrogens with zero attached hydrogens (tertiary/aromatic N) is 1. The molecule has 12 heteroatoms. The van der Waals surface area contributed by atoms with Gasteiger partial charge >= 0.3 is 15.6 Å². The van der Waals surface area contributed by atoms with E-state index in [1.165, 1.54) is 0 Å². The van der Waals surface area contributed by atoms with Gasteiger partial charge in [0.15, 0.2) is 23.1 Å². The zero-order valence-electron chi connectivity index (χ0n) is 19.4. The molecule has 0 aliphatic rings. The molecule has 4 aromatic rings. The monoisotopic (exact) mass is 540 g/mol. The Hall–Kier alpha value is -4.06. The summed E-state index contributed by atoms with van der Waals surface area (Å²) in [4.78, 5) is 4.37. The van der Waals surface area contributed by atoms with Gasteiger partial charge in [0, 0.05) is 22.6 Å². The fourth-order valence-corrected chi connectivity index (χ4v) is 3.94. The van der Waals surface area contributed by atoms with Crippen LogP contribution in [0.15, 0.2) is 77.8 Å². The van der Waals surface area contributed by atoms with Crippen LogP contribution in [-0.4, -0.2) is 26.7 Å². The third-order valence-corrected chi connectivity index (χ3v) is 6.06. The molecule has 0 fully saturated rings. The summed E-state index contributed by atoms with van der Waals surface area (Å²) in [5.41, 5.74) is -4.98. The van der Waals surface area contributed by atoms with Crippen molar-refractivity contribution in [2.24, 2.45) is 4.99 Å². The maximum atomic E-state index is 14.9. The highest BCUT2D eigenvalue weighted by Crippen LogP contribution is 2.43. The smallest absolute Gasteiger partial charge is 0.493 e. The number of hydrogen-bond donors (Lipinski definition) is 0. The van der Waals surface area contributed by atoms with Crippen LogP contribution in [-0.2, 0) is 10.1 Å². The van der Waals surface area contributed by atoms with E-state index in [0.717, 1.165) is 6.07 Å². The summed E-state index contributed by atoms with van der Waals surface area (Å²) < 4.78 is 123. The molecule has 0 bridgehead atoms. The fourth-order valence-electron chi connectivity index (χ4n) is 3.48. The summed E-state index contributed by atoms with van der Waals surface area (Å²) in [6.45, 7) is 0. The van der Waals surface area contributed by atoms with Crippen molar-refractivity contribution in [3.05, 3.63) is 101 Å². The number of fused-ring (bicyclic) bond motifs is 1. The molecule has 0 heterocycles. The lowest BCUT2D eigenvalue weighted by atomic mass is 10.0. The van der Waals surface area contributed by atoms with Gasteiger partial charge in [0.2, 0.25) is 5.82 Å². The molecule has 0 radical (unpaired) electrons. The highest BCUT2D eigenvalue weighted by atomic mass is 32.2. The van der Waals surface area contributed by atoms with E-state index in [1.807, 2.05) is 0 Å². The van der Waals surface area contributed by atoms with E-state index in [9.17, 15) is 34.8 Å². The molecule has 0 atom stereocenters. The standard InChI is InChI=1S/C25H15F6NO4S/c1-35-24-19-17(20(26)21(27)22(24)28)12-16(13-18(19)36-37(33,34)25(29,30)31)32-23(14-8-4-2-5-9-14)15-10-6-3-7-11-15/h2-13H,1H3/i1D. The normalized spacial score (nSPS) is 12.2. The maximum absolute atomic E-state index is 14.9. The van der Waals surface area contributed by atoms with Crippen molar-refractivity contribution in [2.45, 2.75) is 5.51 Å². The number of rotatable bonds is 6. The predicted molar refractivity (Wildman–Crippen MR) is 124 cm³/mol. The van der Waals surface area contributed by atoms with E-state index >= 15 is 0 Å². The van der Waals surface area contributed by atoms with Gasteiger partial charge in [-0.15, -0.1) is 0 Å².